The highest BCUT2D eigenvalue weighted by Gasteiger charge is 2.34. The third-order valence-electron chi connectivity index (χ3n) is 3.54. The fourth-order valence-electron chi connectivity index (χ4n) is 2.04. The van der Waals surface area contributed by atoms with Gasteiger partial charge in [-0.1, -0.05) is 6.92 Å². The van der Waals surface area contributed by atoms with Crippen LogP contribution in [0, 0.1) is 6.92 Å². The molecule has 122 valence electrons. The predicted molar refractivity (Wildman–Crippen MR) is 89.9 cm³/mol. The van der Waals surface area contributed by atoms with Gasteiger partial charge in [-0.15, -0.1) is 23.1 Å². The molecule has 1 unspecified atom stereocenters. The smallest absolute Gasteiger partial charge is 0.319 e. The van der Waals surface area contributed by atoms with Crippen LogP contribution in [0.3, 0.4) is 0 Å². The van der Waals surface area contributed by atoms with Gasteiger partial charge in [0.15, 0.2) is 0 Å². The number of aryl methyl sites for hydroxylation is 1. The molecule has 1 aromatic heterocycles. The van der Waals surface area contributed by atoms with Crippen LogP contribution in [0.15, 0.2) is 5.38 Å². The molecule has 0 saturated carbocycles. The first-order valence-corrected chi connectivity index (χ1v) is 9.38. The van der Waals surface area contributed by atoms with E-state index in [0.717, 1.165) is 17.1 Å². The third kappa shape index (κ3) is 4.36. The largest absolute Gasteiger partial charge is 0.349 e. The Kier molecular flexibility index (Phi) is 6.07. The summed E-state index contributed by atoms with van der Waals surface area (Å²) in [6, 6.07) is -0.461. The van der Waals surface area contributed by atoms with Crippen molar-refractivity contribution in [2.24, 2.45) is 0 Å². The van der Waals surface area contributed by atoms with E-state index in [1.165, 1.54) is 0 Å². The average Bonchev–Trinajstić information content (AvgIpc) is 3.13. The number of hydrogen-bond donors (Lipinski definition) is 2. The molecule has 1 saturated heterocycles. The van der Waals surface area contributed by atoms with Crippen LogP contribution in [-0.2, 0) is 11.3 Å². The normalized spacial score (nSPS) is 19.0. The second kappa shape index (κ2) is 7.82. The van der Waals surface area contributed by atoms with E-state index in [-0.39, 0.29) is 18.0 Å². The van der Waals surface area contributed by atoms with Gasteiger partial charge in [-0.25, -0.2) is 9.78 Å². The van der Waals surface area contributed by atoms with Crippen molar-refractivity contribution in [1.29, 1.82) is 0 Å². The van der Waals surface area contributed by atoms with Crippen LogP contribution in [0.4, 0.5) is 4.79 Å². The molecule has 1 aliphatic rings. The SMILES string of the molecule is CCC(C)NC(=O)N1CSC[C@@H]1C(=O)NCc1csc(C)n1. The molecular formula is C14H22N4O2S2. The Morgan fingerprint density at radius 2 is 2.32 bits per heavy atom. The van der Waals surface area contributed by atoms with Crippen molar-refractivity contribution in [3.05, 3.63) is 16.1 Å². The van der Waals surface area contributed by atoms with Crippen molar-refractivity contribution in [2.75, 3.05) is 11.6 Å². The molecule has 22 heavy (non-hydrogen) atoms. The van der Waals surface area contributed by atoms with Gasteiger partial charge >= 0.3 is 6.03 Å². The summed E-state index contributed by atoms with van der Waals surface area (Å²) in [6.45, 7) is 6.32. The van der Waals surface area contributed by atoms with Gasteiger partial charge in [-0.05, 0) is 20.3 Å². The first-order valence-electron chi connectivity index (χ1n) is 7.34. The minimum absolute atomic E-state index is 0.111. The lowest BCUT2D eigenvalue weighted by Crippen LogP contribution is -2.51. The summed E-state index contributed by atoms with van der Waals surface area (Å²) in [5.74, 6) is 1.07. The second-order valence-corrected chi connectivity index (χ2v) is 7.38. The maximum absolute atomic E-state index is 12.3. The Balaban J connectivity index is 1.89. The zero-order valence-corrected chi connectivity index (χ0v) is 14.7. The summed E-state index contributed by atoms with van der Waals surface area (Å²) in [7, 11) is 0. The number of aromatic nitrogens is 1. The highest BCUT2D eigenvalue weighted by Crippen LogP contribution is 2.21. The summed E-state index contributed by atoms with van der Waals surface area (Å²) < 4.78 is 0. The molecule has 1 aliphatic heterocycles. The van der Waals surface area contributed by atoms with Crippen LogP contribution in [-0.4, -0.2) is 45.5 Å². The lowest BCUT2D eigenvalue weighted by Gasteiger charge is -2.25. The Morgan fingerprint density at radius 3 is 2.95 bits per heavy atom. The van der Waals surface area contributed by atoms with Crippen molar-refractivity contribution in [3.63, 3.8) is 0 Å². The van der Waals surface area contributed by atoms with E-state index in [2.05, 4.69) is 15.6 Å². The van der Waals surface area contributed by atoms with Crippen molar-refractivity contribution in [2.45, 2.75) is 45.8 Å². The number of carbonyl (C=O) groups excluding carboxylic acids is 2. The standard InChI is InChI=1S/C14H22N4O2S2/c1-4-9(2)16-14(20)18-8-21-7-12(18)13(19)15-5-11-6-22-10(3)17-11/h6,9,12H,4-5,7-8H2,1-3H3,(H,15,19)(H,16,20)/t9?,12-/m1/s1. The molecule has 1 fully saturated rings. The van der Waals surface area contributed by atoms with Gasteiger partial charge in [-0.3, -0.25) is 4.79 Å². The highest BCUT2D eigenvalue weighted by atomic mass is 32.2. The molecule has 1 aromatic rings. The van der Waals surface area contributed by atoms with Gasteiger partial charge in [0.2, 0.25) is 5.91 Å². The van der Waals surface area contributed by atoms with E-state index >= 15 is 0 Å². The van der Waals surface area contributed by atoms with E-state index in [1.54, 1.807) is 28.0 Å². The van der Waals surface area contributed by atoms with Gasteiger partial charge in [0.1, 0.15) is 6.04 Å². The molecule has 0 aromatic carbocycles. The van der Waals surface area contributed by atoms with E-state index < -0.39 is 6.04 Å². The number of urea groups is 1. The highest BCUT2D eigenvalue weighted by molar-refractivity contribution is 7.99. The first kappa shape index (κ1) is 17.1. The molecule has 2 rings (SSSR count). The van der Waals surface area contributed by atoms with Crippen molar-refractivity contribution >= 4 is 35.0 Å². The summed E-state index contributed by atoms with van der Waals surface area (Å²) in [5.41, 5.74) is 0.858. The fourth-order valence-corrected chi connectivity index (χ4v) is 3.81. The number of nitrogens with zero attached hydrogens (tertiary/aromatic N) is 2. The molecular weight excluding hydrogens is 320 g/mol. The molecule has 3 amide bonds. The topological polar surface area (TPSA) is 74.3 Å². The Morgan fingerprint density at radius 1 is 1.55 bits per heavy atom. The van der Waals surface area contributed by atoms with E-state index in [9.17, 15) is 9.59 Å². The van der Waals surface area contributed by atoms with Gasteiger partial charge in [0, 0.05) is 17.2 Å². The lowest BCUT2D eigenvalue weighted by molar-refractivity contribution is -0.124. The van der Waals surface area contributed by atoms with Crippen LogP contribution in [0.1, 0.15) is 31.0 Å². The van der Waals surface area contributed by atoms with Crippen LogP contribution >= 0.6 is 23.1 Å². The summed E-state index contributed by atoms with van der Waals surface area (Å²) in [4.78, 5) is 30.5. The van der Waals surface area contributed by atoms with Crippen molar-refractivity contribution < 1.29 is 9.59 Å². The van der Waals surface area contributed by atoms with Crippen LogP contribution in [0.25, 0.3) is 0 Å². The summed E-state index contributed by atoms with van der Waals surface area (Å²) in [5, 5.41) is 8.71. The number of hydrogen-bond acceptors (Lipinski definition) is 5. The third-order valence-corrected chi connectivity index (χ3v) is 5.37. The van der Waals surface area contributed by atoms with Crippen molar-refractivity contribution in [3.8, 4) is 0 Å². The molecule has 2 N–H and O–H groups in total. The summed E-state index contributed by atoms with van der Waals surface area (Å²) >= 11 is 3.16. The fraction of sp³-hybridized carbons (Fsp3) is 0.643. The Bertz CT molecular complexity index is 535. The molecule has 8 heteroatoms. The molecule has 0 bridgehead atoms. The number of carbonyl (C=O) groups is 2. The predicted octanol–water partition coefficient (Wildman–Crippen LogP) is 1.95. The number of amides is 3. The number of rotatable bonds is 5. The molecule has 0 aliphatic carbocycles. The van der Waals surface area contributed by atoms with Crippen LogP contribution in [0.5, 0.6) is 0 Å². The quantitative estimate of drug-likeness (QED) is 0.858. The maximum Gasteiger partial charge on any atom is 0.319 e. The van der Waals surface area contributed by atoms with Gasteiger partial charge < -0.3 is 15.5 Å². The van der Waals surface area contributed by atoms with Crippen LogP contribution in [0.2, 0.25) is 0 Å². The second-order valence-electron chi connectivity index (χ2n) is 5.32. The van der Waals surface area contributed by atoms with Crippen LogP contribution < -0.4 is 10.6 Å². The van der Waals surface area contributed by atoms with Gasteiger partial charge in [0.05, 0.1) is 23.1 Å². The number of thiazole rings is 1. The molecule has 0 radical (unpaired) electrons. The monoisotopic (exact) mass is 342 g/mol. The minimum atomic E-state index is -0.409. The van der Waals surface area contributed by atoms with Crippen molar-refractivity contribution in [1.82, 2.24) is 20.5 Å². The molecule has 2 heterocycles. The summed E-state index contributed by atoms with van der Waals surface area (Å²) in [6.07, 6.45) is 0.868. The Labute approximate surface area is 139 Å². The van der Waals surface area contributed by atoms with Gasteiger partial charge in [-0.2, -0.15) is 0 Å². The molecule has 6 nitrogen and oxygen atoms in total. The molecule has 2 atom stereocenters. The first-order chi connectivity index (χ1) is 10.5. The minimum Gasteiger partial charge on any atom is -0.349 e. The zero-order valence-electron chi connectivity index (χ0n) is 13.1. The van der Waals surface area contributed by atoms with Gasteiger partial charge in [0.25, 0.3) is 0 Å². The zero-order chi connectivity index (χ0) is 16.1. The lowest BCUT2D eigenvalue weighted by atomic mass is 10.2. The average molecular weight is 342 g/mol. The maximum atomic E-state index is 12.3. The number of thioether (sulfide) groups is 1. The molecule has 0 spiro atoms. The van der Waals surface area contributed by atoms with E-state index in [0.29, 0.717) is 18.2 Å². The van der Waals surface area contributed by atoms with E-state index in [1.807, 2.05) is 26.2 Å². The Hall–Kier alpha value is -1.28. The number of nitrogens with one attached hydrogen (secondary N) is 2. The van der Waals surface area contributed by atoms with E-state index in [4.69, 9.17) is 0 Å².